The zero-order valence-electron chi connectivity index (χ0n) is 18.9. The minimum absolute atomic E-state index is 0.187. The van der Waals surface area contributed by atoms with E-state index in [2.05, 4.69) is 29.1 Å². The van der Waals surface area contributed by atoms with E-state index < -0.39 is 5.60 Å². The summed E-state index contributed by atoms with van der Waals surface area (Å²) in [6, 6.07) is -0.239. The number of carbonyl (C=O) groups excluding carboxylic acids is 2. The van der Waals surface area contributed by atoms with Crippen molar-refractivity contribution in [3.63, 3.8) is 0 Å². The number of hydrogen-bond acceptors (Lipinski definition) is 5. The lowest BCUT2D eigenvalue weighted by Crippen LogP contribution is -2.57. The summed E-state index contributed by atoms with van der Waals surface area (Å²) in [7, 11) is 0. The third kappa shape index (κ3) is 7.16. The second-order valence-electron chi connectivity index (χ2n) is 9.10. The summed E-state index contributed by atoms with van der Waals surface area (Å²) in [6.07, 6.45) is 1.43. The van der Waals surface area contributed by atoms with Crippen molar-refractivity contribution in [1.29, 1.82) is 0 Å². The number of hydrogen-bond donors (Lipinski definition) is 2. The lowest BCUT2D eigenvalue weighted by Gasteiger charge is -2.39. The number of carbonyl (C=O) groups is 2. The number of likely N-dealkylation sites (tertiary alicyclic amines) is 1. The molecule has 2 heterocycles. The molecule has 2 amide bonds. The van der Waals surface area contributed by atoms with Crippen LogP contribution < -0.4 is 5.32 Å². The molecule has 2 atom stereocenters. The van der Waals surface area contributed by atoms with Gasteiger partial charge in [0.25, 0.3) is 5.91 Å². The van der Waals surface area contributed by atoms with Gasteiger partial charge in [-0.1, -0.05) is 32.4 Å². The molecule has 2 rings (SSSR count). The number of aromatic nitrogens is 2. The maximum atomic E-state index is 12.7. The van der Waals surface area contributed by atoms with E-state index in [0.29, 0.717) is 43.6 Å². The van der Waals surface area contributed by atoms with Crippen molar-refractivity contribution in [3.05, 3.63) is 16.7 Å². The Morgan fingerprint density at radius 2 is 2.07 bits per heavy atom. The fourth-order valence-corrected chi connectivity index (χ4v) is 3.43. The van der Waals surface area contributed by atoms with Crippen molar-refractivity contribution in [2.24, 2.45) is 5.92 Å². The van der Waals surface area contributed by atoms with E-state index in [0.717, 1.165) is 12.1 Å². The monoisotopic (exact) mass is 442 g/mol. The second-order valence-corrected chi connectivity index (χ2v) is 9.45. The molecule has 0 aliphatic carbocycles. The molecule has 30 heavy (non-hydrogen) atoms. The SMILES string of the molecule is CCc1[nH]c(C(=O)N[C@H]2CCN(C(=O)OC(C)(C)C)C[C@H]2OCCC(C)C)nc1Cl. The summed E-state index contributed by atoms with van der Waals surface area (Å²) < 4.78 is 11.6. The van der Waals surface area contributed by atoms with Crippen LogP contribution in [-0.4, -0.2) is 64.3 Å². The predicted octanol–water partition coefficient (Wildman–Crippen LogP) is 3.80. The fraction of sp³-hybridized carbons (Fsp3) is 0.762. The zero-order valence-corrected chi connectivity index (χ0v) is 19.6. The van der Waals surface area contributed by atoms with Crippen LogP contribution >= 0.6 is 11.6 Å². The number of nitrogens with zero attached hydrogens (tertiary/aromatic N) is 2. The van der Waals surface area contributed by atoms with Gasteiger partial charge in [0.05, 0.1) is 24.4 Å². The van der Waals surface area contributed by atoms with E-state index >= 15 is 0 Å². The zero-order chi connectivity index (χ0) is 22.5. The topological polar surface area (TPSA) is 96.6 Å². The molecule has 170 valence electrons. The van der Waals surface area contributed by atoms with Crippen LogP contribution in [0, 0.1) is 5.92 Å². The first-order chi connectivity index (χ1) is 14.0. The van der Waals surface area contributed by atoms with Crippen molar-refractivity contribution < 1.29 is 19.1 Å². The number of H-pyrrole nitrogens is 1. The van der Waals surface area contributed by atoms with Gasteiger partial charge in [-0.05, 0) is 46.0 Å². The Labute approximate surface area is 184 Å². The molecule has 0 saturated carbocycles. The van der Waals surface area contributed by atoms with Gasteiger partial charge in [0.15, 0.2) is 11.0 Å². The molecule has 0 aromatic carbocycles. The van der Waals surface area contributed by atoms with Crippen LogP contribution in [0.3, 0.4) is 0 Å². The van der Waals surface area contributed by atoms with Gasteiger partial charge in [0.2, 0.25) is 0 Å². The first-order valence-electron chi connectivity index (χ1n) is 10.6. The molecule has 9 heteroatoms. The van der Waals surface area contributed by atoms with E-state index in [1.54, 1.807) is 4.90 Å². The Bertz CT molecular complexity index is 729. The van der Waals surface area contributed by atoms with Gasteiger partial charge in [0.1, 0.15) is 5.60 Å². The Morgan fingerprint density at radius 3 is 2.63 bits per heavy atom. The highest BCUT2D eigenvalue weighted by atomic mass is 35.5. The highest BCUT2D eigenvalue weighted by Crippen LogP contribution is 2.20. The summed E-state index contributed by atoms with van der Waals surface area (Å²) in [6.45, 7) is 13.1. The van der Waals surface area contributed by atoms with Gasteiger partial charge < -0.3 is 24.7 Å². The van der Waals surface area contributed by atoms with Gasteiger partial charge in [-0.2, -0.15) is 0 Å². The number of imidazole rings is 1. The number of ether oxygens (including phenoxy) is 2. The molecular weight excluding hydrogens is 408 g/mol. The molecular formula is C21H35ClN4O4. The van der Waals surface area contributed by atoms with Crippen molar-refractivity contribution in [3.8, 4) is 0 Å². The minimum Gasteiger partial charge on any atom is -0.444 e. The van der Waals surface area contributed by atoms with E-state index in [1.807, 2.05) is 27.7 Å². The molecule has 1 saturated heterocycles. The van der Waals surface area contributed by atoms with Crippen LogP contribution in [0.1, 0.15) is 70.7 Å². The molecule has 1 aliphatic rings. The number of aryl methyl sites for hydroxylation is 1. The summed E-state index contributed by atoms with van der Waals surface area (Å²) >= 11 is 6.06. The second kappa shape index (κ2) is 10.5. The molecule has 1 aromatic rings. The Balaban J connectivity index is 2.06. The first kappa shape index (κ1) is 24.5. The third-order valence-corrected chi connectivity index (χ3v) is 5.16. The Morgan fingerprint density at radius 1 is 1.37 bits per heavy atom. The maximum absolute atomic E-state index is 12.7. The first-order valence-corrected chi connectivity index (χ1v) is 11.0. The van der Waals surface area contributed by atoms with Gasteiger partial charge in [-0.25, -0.2) is 9.78 Å². The number of piperidine rings is 1. The Hall–Kier alpha value is -1.80. The third-order valence-electron chi connectivity index (χ3n) is 4.85. The van der Waals surface area contributed by atoms with Crippen LogP contribution in [0.5, 0.6) is 0 Å². The van der Waals surface area contributed by atoms with Crippen LogP contribution in [-0.2, 0) is 15.9 Å². The Kier molecular flexibility index (Phi) is 8.55. The number of rotatable bonds is 7. The summed E-state index contributed by atoms with van der Waals surface area (Å²) in [5.41, 5.74) is 0.164. The molecule has 0 unspecified atom stereocenters. The van der Waals surface area contributed by atoms with Crippen molar-refractivity contribution in [2.45, 2.75) is 78.6 Å². The minimum atomic E-state index is -0.564. The highest BCUT2D eigenvalue weighted by Gasteiger charge is 2.35. The van der Waals surface area contributed by atoms with Gasteiger partial charge in [-0.15, -0.1) is 0 Å². The number of aromatic amines is 1. The smallest absolute Gasteiger partial charge is 0.410 e. The average Bonchev–Trinajstić information content (AvgIpc) is 3.02. The van der Waals surface area contributed by atoms with Crippen LogP contribution in [0.2, 0.25) is 5.15 Å². The molecule has 1 fully saturated rings. The standard InChI is InChI=1S/C21H35ClN4O4/c1-7-14-17(22)25-18(23-14)19(27)24-15-8-10-26(20(28)30-21(4,5)6)12-16(15)29-11-9-13(2)3/h13,15-16H,7-12H2,1-6H3,(H,23,25)(H,24,27)/t15-,16+/m0/s1. The normalized spacial score (nSPS) is 19.8. The van der Waals surface area contributed by atoms with E-state index in [4.69, 9.17) is 21.1 Å². The quantitative estimate of drug-likeness (QED) is 0.669. The van der Waals surface area contributed by atoms with Crippen LogP contribution in [0.25, 0.3) is 0 Å². The average molecular weight is 443 g/mol. The highest BCUT2D eigenvalue weighted by molar-refractivity contribution is 6.30. The fourth-order valence-electron chi connectivity index (χ4n) is 3.16. The maximum Gasteiger partial charge on any atom is 0.410 e. The van der Waals surface area contributed by atoms with Gasteiger partial charge >= 0.3 is 6.09 Å². The van der Waals surface area contributed by atoms with Crippen LogP contribution in [0.4, 0.5) is 4.79 Å². The molecule has 0 spiro atoms. The lowest BCUT2D eigenvalue weighted by molar-refractivity contribution is -0.0355. The van der Waals surface area contributed by atoms with Gasteiger partial charge in [0, 0.05) is 13.2 Å². The number of halogens is 1. The number of amides is 2. The van der Waals surface area contributed by atoms with Crippen molar-refractivity contribution in [2.75, 3.05) is 19.7 Å². The van der Waals surface area contributed by atoms with E-state index in [9.17, 15) is 9.59 Å². The molecule has 0 bridgehead atoms. The largest absolute Gasteiger partial charge is 0.444 e. The van der Waals surface area contributed by atoms with Crippen LogP contribution in [0.15, 0.2) is 0 Å². The number of nitrogens with one attached hydrogen (secondary N) is 2. The molecule has 2 N–H and O–H groups in total. The molecule has 1 aliphatic heterocycles. The van der Waals surface area contributed by atoms with Crippen molar-refractivity contribution in [1.82, 2.24) is 20.2 Å². The lowest BCUT2D eigenvalue weighted by atomic mass is 10.0. The summed E-state index contributed by atoms with van der Waals surface area (Å²) in [4.78, 5) is 33.9. The van der Waals surface area contributed by atoms with Gasteiger partial charge in [-0.3, -0.25) is 4.79 Å². The summed E-state index contributed by atoms with van der Waals surface area (Å²) in [5, 5.41) is 3.31. The van der Waals surface area contributed by atoms with E-state index in [1.165, 1.54) is 0 Å². The van der Waals surface area contributed by atoms with Crippen molar-refractivity contribution >= 4 is 23.6 Å². The van der Waals surface area contributed by atoms with E-state index in [-0.39, 0.29) is 30.0 Å². The predicted molar refractivity (Wildman–Crippen MR) is 116 cm³/mol. The summed E-state index contributed by atoms with van der Waals surface area (Å²) in [5.74, 6) is 0.360. The molecule has 8 nitrogen and oxygen atoms in total. The molecule has 0 radical (unpaired) electrons. The molecule has 1 aromatic heterocycles.